The molecule has 144 valence electrons. The number of fused-ring (bicyclic) bond motifs is 1. The highest BCUT2D eigenvalue weighted by atomic mass is 15.4. The smallest absolute Gasteiger partial charge is 0.0713 e. The van der Waals surface area contributed by atoms with Gasteiger partial charge in [-0.1, -0.05) is 70.2 Å². The number of para-hydroxylation sites is 1. The molecular formula is C25H34N2. The molecule has 1 saturated heterocycles. The lowest BCUT2D eigenvalue weighted by atomic mass is 9.87. The lowest BCUT2D eigenvalue weighted by Crippen LogP contribution is -2.32. The first kappa shape index (κ1) is 18.6. The minimum Gasteiger partial charge on any atom is -0.357 e. The number of rotatable bonds is 4. The van der Waals surface area contributed by atoms with Gasteiger partial charge in [-0.3, -0.25) is 4.90 Å². The summed E-state index contributed by atoms with van der Waals surface area (Å²) in [5, 5.41) is 0. The molecule has 0 saturated carbocycles. The summed E-state index contributed by atoms with van der Waals surface area (Å²) < 4.78 is 0. The summed E-state index contributed by atoms with van der Waals surface area (Å²) in [6.45, 7) is 12.7. The van der Waals surface area contributed by atoms with Crippen molar-refractivity contribution in [2.45, 2.75) is 64.8 Å². The van der Waals surface area contributed by atoms with Crippen LogP contribution in [0.1, 0.15) is 80.7 Å². The molecule has 2 aromatic carbocycles. The lowest BCUT2D eigenvalue weighted by Gasteiger charge is -2.34. The van der Waals surface area contributed by atoms with Crippen LogP contribution < -0.4 is 4.90 Å². The van der Waals surface area contributed by atoms with Crippen molar-refractivity contribution in [3.63, 3.8) is 0 Å². The Labute approximate surface area is 165 Å². The van der Waals surface area contributed by atoms with Gasteiger partial charge in [0.1, 0.15) is 0 Å². The quantitative estimate of drug-likeness (QED) is 0.649. The van der Waals surface area contributed by atoms with Gasteiger partial charge in [-0.05, 0) is 53.4 Å². The normalized spacial score (nSPS) is 20.5. The van der Waals surface area contributed by atoms with E-state index in [0.717, 1.165) is 13.2 Å². The molecule has 1 unspecified atom stereocenters. The number of hydrogen-bond donors (Lipinski definition) is 0. The summed E-state index contributed by atoms with van der Waals surface area (Å²) in [6, 6.07) is 16.6. The molecule has 1 aliphatic heterocycles. The fraction of sp³-hybridized carbons (Fsp3) is 0.520. The summed E-state index contributed by atoms with van der Waals surface area (Å²) in [5.41, 5.74) is 7.66. The average molecular weight is 363 g/mol. The number of nitrogens with zero attached hydrogens (tertiary/aromatic N) is 2. The molecule has 2 nitrogen and oxygen atoms in total. The summed E-state index contributed by atoms with van der Waals surface area (Å²) in [7, 11) is 0. The van der Waals surface area contributed by atoms with Crippen molar-refractivity contribution in [3.8, 4) is 0 Å². The zero-order valence-electron chi connectivity index (χ0n) is 17.4. The van der Waals surface area contributed by atoms with Crippen LogP contribution in [0.25, 0.3) is 0 Å². The van der Waals surface area contributed by atoms with Crippen molar-refractivity contribution in [1.29, 1.82) is 0 Å². The van der Waals surface area contributed by atoms with Gasteiger partial charge in [-0.25, -0.2) is 0 Å². The third-order valence-corrected chi connectivity index (χ3v) is 6.45. The van der Waals surface area contributed by atoms with E-state index in [0.29, 0.717) is 17.9 Å². The number of hydrogen-bond acceptors (Lipinski definition) is 2. The van der Waals surface area contributed by atoms with E-state index in [4.69, 9.17) is 0 Å². The minimum atomic E-state index is 0.558. The Morgan fingerprint density at radius 2 is 1.56 bits per heavy atom. The molecule has 1 atom stereocenters. The van der Waals surface area contributed by atoms with Crippen LogP contribution in [0.3, 0.4) is 0 Å². The van der Waals surface area contributed by atoms with Crippen molar-refractivity contribution in [2.75, 3.05) is 24.7 Å². The largest absolute Gasteiger partial charge is 0.357 e. The van der Waals surface area contributed by atoms with Crippen LogP contribution in [-0.2, 0) is 6.42 Å². The van der Waals surface area contributed by atoms with Crippen LogP contribution in [-0.4, -0.2) is 24.7 Å². The van der Waals surface area contributed by atoms with Gasteiger partial charge in [-0.2, -0.15) is 0 Å². The number of anilines is 1. The van der Waals surface area contributed by atoms with Crippen LogP contribution in [0.5, 0.6) is 0 Å². The van der Waals surface area contributed by atoms with Crippen LogP contribution >= 0.6 is 0 Å². The number of benzene rings is 2. The van der Waals surface area contributed by atoms with E-state index in [1.54, 1.807) is 11.1 Å². The van der Waals surface area contributed by atoms with Gasteiger partial charge in [0.05, 0.1) is 6.67 Å². The maximum absolute atomic E-state index is 2.72. The van der Waals surface area contributed by atoms with Gasteiger partial charge in [-0.15, -0.1) is 0 Å². The molecule has 1 fully saturated rings. The Bertz CT molecular complexity index is 766. The van der Waals surface area contributed by atoms with Gasteiger partial charge in [0, 0.05) is 24.8 Å². The fourth-order valence-corrected chi connectivity index (χ4v) is 5.03. The molecule has 0 spiro atoms. The van der Waals surface area contributed by atoms with Gasteiger partial charge in [0.15, 0.2) is 0 Å². The molecule has 0 amide bonds. The first-order valence-corrected chi connectivity index (χ1v) is 10.8. The fourth-order valence-electron chi connectivity index (χ4n) is 5.03. The van der Waals surface area contributed by atoms with E-state index in [1.165, 1.54) is 42.6 Å². The summed E-state index contributed by atoms with van der Waals surface area (Å²) >= 11 is 0. The molecule has 2 heteroatoms. The van der Waals surface area contributed by atoms with Crippen LogP contribution in [0, 0.1) is 0 Å². The Balaban J connectivity index is 1.63. The lowest BCUT2D eigenvalue weighted by molar-refractivity contribution is 0.223. The van der Waals surface area contributed by atoms with Crippen molar-refractivity contribution in [3.05, 3.63) is 64.7 Å². The molecule has 0 N–H and O–H groups in total. The zero-order chi connectivity index (χ0) is 19.0. The summed E-state index contributed by atoms with van der Waals surface area (Å²) in [6.07, 6.45) is 3.86. The Kier molecular flexibility index (Phi) is 5.27. The van der Waals surface area contributed by atoms with E-state index in [1.807, 2.05) is 0 Å². The molecule has 2 aliphatic rings. The second-order valence-corrected chi connectivity index (χ2v) is 8.92. The zero-order valence-corrected chi connectivity index (χ0v) is 17.4. The van der Waals surface area contributed by atoms with Gasteiger partial charge in [0.25, 0.3) is 0 Å². The highest BCUT2D eigenvalue weighted by Crippen LogP contribution is 2.40. The first-order valence-electron chi connectivity index (χ1n) is 10.8. The molecule has 4 rings (SSSR count). The Morgan fingerprint density at radius 1 is 0.852 bits per heavy atom. The number of aryl methyl sites for hydroxylation is 1. The van der Waals surface area contributed by atoms with Crippen LogP contribution in [0.4, 0.5) is 5.69 Å². The molecule has 1 aliphatic carbocycles. The van der Waals surface area contributed by atoms with E-state index in [-0.39, 0.29) is 0 Å². The standard InChI is InChI=1S/C25H34N2/c1-18(2)21-12-8-13-22(19(3)4)25(21)27-16-15-26(17-27)24-14-7-10-20-9-5-6-11-23(20)24/h5-6,8-9,11-13,18-19,24H,7,10,14-17H2,1-4H3. The Hall–Kier alpha value is -1.80. The molecule has 2 aromatic rings. The third kappa shape index (κ3) is 3.52. The van der Waals surface area contributed by atoms with Gasteiger partial charge >= 0.3 is 0 Å². The van der Waals surface area contributed by atoms with Gasteiger partial charge in [0.2, 0.25) is 0 Å². The molecule has 27 heavy (non-hydrogen) atoms. The first-order chi connectivity index (χ1) is 13.1. The molecule has 0 bridgehead atoms. The molecule has 0 aromatic heterocycles. The molecule has 0 radical (unpaired) electrons. The Morgan fingerprint density at radius 3 is 2.26 bits per heavy atom. The van der Waals surface area contributed by atoms with Crippen molar-refractivity contribution >= 4 is 5.69 Å². The SMILES string of the molecule is CC(C)c1cccc(C(C)C)c1N1CCN(C2CCCc3ccccc32)C1. The van der Waals surface area contributed by atoms with Crippen molar-refractivity contribution < 1.29 is 0 Å². The monoisotopic (exact) mass is 362 g/mol. The highest BCUT2D eigenvalue weighted by molar-refractivity contribution is 5.62. The second kappa shape index (κ2) is 7.67. The summed E-state index contributed by atoms with van der Waals surface area (Å²) in [4.78, 5) is 5.38. The van der Waals surface area contributed by atoms with Crippen LogP contribution in [0.2, 0.25) is 0 Å². The summed E-state index contributed by atoms with van der Waals surface area (Å²) in [5.74, 6) is 1.12. The predicted octanol–water partition coefficient (Wildman–Crippen LogP) is 6.09. The molecule has 1 heterocycles. The predicted molar refractivity (Wildman–Crippen MR) is 116 cm³/mol. The topological polar surface area (TPSA) is 6.48 Å². The van der Waals surface area contributed by atoms with Crippen molar-refractivity contribution in [2.24, 2.45) is 0 Å². The van der Waals surface area contributed by atoms with E-state index < -0.39 is 0 Å². The van der Waals surface area contributed by atoms with E-state index >= 15 is 0 Å². The highest BCUT2D eigenvalue weighted by Gasteiger charge is 2.32. The average Bonchev–Trinajstić information content (AvgIpc) is 3.16. The van der Waals surface area contributed by atoms with Crippen molar-refractivity contribution in [1.82, 2.24) is 4.90 Å². The van der Waals surface area contributed by atoms with E-state index in [2.05, 4.69) is 80.0 Å². The molecular weight excluding hydrogens is 328 g/mol. The van der Waals surface area contributed by atoms with Crippen LogP contribution in [0.15, 0.2) is 42.5 Å². The third-order valence-electron chi connectivity index (χ3n) is 6.45. The maximum atomic E-state index is 2.72. The maximum Gasteiger partial charge on any atom is 0.0713 e. The van der Waals surface area contributed by atoms with Gasteiger partial charge < -0.3 is 4.90 Å². The van der Waals surface area contributed by atoms with E-state index in [9.17, 15) is 0 Å². The minimum absolute atomic E-state index is 0.558. The second-order valence-electron chi connectivity index (χ2n) is 8.92.